The van der Waals surface area contributed by atoms with Crippen LogP contribution in [-0.2, 0) is 10.0 Å². The Morgan fingerprint density at radius 3 is 2.32 bits per heavy atom. The van der Waals surface area contributed by atoms with Crippen molar-refractivity contribution in [1.29, 1.82) is 0 Å². The van der Waals surface area contributed by atoms with E-state index in [0.29, 0.717) is 6.42 Å². The van der Waals surface area contributed by atoms with Crippen LogP contribution in [-0.4, -0.2) is 8.42 Å². The van der Waals surface area contributed by atoms with E-state index in [1.165, 1.54) is 0 Å². The number of benzene rings is 2. The monoisotopic (exact) mass is 315 g/mol. The molecular formula is C18H21NO2S. The molecule has 0 spiro atoms. The van der Waals surface area contributed by atoms with E-state index in [2.05, 4.69) is 11.3 Å². The van der Waals surface area contributed by atoms with Crippen molar-refractivity contribution in [1.82, 2.24) is 4.72 Å². The summed E-state index contributed by atoms with van der Waals surface area (Å²) in [4.78, 5) is 0.278. The number of aryl methyl sites for hydroxylation is 2. The molecule has 1 N–H and O–H groups in total. The van der Waals surface area contributed by atoms with Crippen molar-refractivity contribution in [3.63, 3.8) is 0 Å². The maximum atomic E-state index is 12.6. The van der Waals surface area contributed by atoms with E-state index in [9.17, 15) is 8.42 Å². The van der Waals surface area contributed by atoms with Crippen molar-refractivity contribution >= 4 is 10.0 Å². The van der Waals surface area contributed by atoms with Gasteiger partial charge in [0.25, 0.3) is 0 Å². The van der Waals surface area contributed by atoms with E-state index >= 15 is 0 Å². The van der Waals surface area contributed by atoms with Gasteiger partial charge in [-0.05, 0) is 43.5 Å². The minimum Gasteiger partial charge on any atom is -0.207 e. The van der Waals surface area contributed by atoms with Crippen molar-refractivity contribution < 1.29 is 8.42 Å². The minimum atomic E-state index is -3.56. The molecule has 0 aliphatic rings. The largest absolute Gasteiger partial charge is 0.241 e. The Morgan fingerprint density at radius 2 is 1.73 bits per heavy atom. The number of rotatable bonds is 6. The second kappa shape index (κ2) is 6.90. The quantitative estimate of drug-likeness (QED) is 0.822. The summed E-state index contributed by atoms with van der Waals surface area (Å²) in [5.41, 5.74) is 3.06. The summed E-state index contributed by atoms with van der Waals surface area (Å²) >= 11 is 0. The Bertz CT molecular complexity index is 749. The average Bonchev–Trinajstić information content (AvgIpc) is 2.47. The van der Waals surface area contributed by atoms with E-state index in [1.54, 1.807) is 30.3 Å². The lowest BCUT2D eigenvalue weighted by molar-refractivity contribution is 0.557. The fourth-order valence-corrected chi connectivity index (χ4v) is 3.58. The van der Waals surface area contributed by atoms with Gasteiger partial charge in [-0.2, -0.15) is 0 Å². The summed E-state index contributed by atoms with van der Waals surface area (Å²) in [6, 6.07) is 14.3. The predicted octanol–water partition coefficient (Wildman–Crippen LogP) is 3.90. The van der Waals surface area contributed by atoms with Gasteiger partial charge in [0.1, 0.15) is 0 Å². The Kier molecular flexibility index (Phi) is 5.16. The molecule has 1 atom stereocenters. The van der Waals surface area contributed by atoms with Crippen LogP contribution in [0.5, 0.6) is 0 Å². The normalized spacial score (nSPS) is 12.8. The Labute approximate surface area is 132 Å². The fourth-order valence-electron chi connectivity index (χ4n) is 2.36. The van der Waals surface area contributed by atoms with Gasteiger partial charge in [0.15, 0.2) is 0 Å². The van der Waals surface area contributed by atoms with Crippen LogP contribution in [0, 0.1) is 13.8 Å². The molecule has 116 valence electrons. The molecule has 0 saturated carbocycles. The highest BCUT2D eigenvalue weighted by Gasteiger charge is 2.21. The van der Waals surface area contributed by atoms with Crippen molar-refractivity contribution in [3.8, 4) is 0 Å². The van der Waals surface area contributed by atoms with E-state index in [0.717, 1.165) is 16.7 Å². The molecule has 22 heavy (non-hydrogen) atoms. The lowest BCUT2D eigenvalue weighted by Gasteiger charge is -2.19. The van der Waals surface area contributed by atoms with Crippen LogP contribution >= 0.6 is 0 Å². The molecule has 0 amide bonds. The molecule has 0 unspecified atom stereocenters. The van der Waals surface area contributed by atoms with Crippen molar-refractivity contribution in [2.24, 2.45) is 0 Å². The van der Waals surface area contributed by atoms with Crippen LogP contribution in [0.4, 0.5) is 0 Å². The first kappa shape index (κ1) is 16.5. The Hall–Kier alpha value is -1.91. The molecular weight excluding hydrogens is 294 g/mol. The van der Waals surface area contributed by atoms with Crippen LogP contribution < -0.4 is 4.72 Å². The molecule has 0 fully saturated rings. The maximum Gasteiger partial charge on any atom is 0.241 e. The van der Waals surface area contributed by atoms with Gasteiger partial charge in [0.2, 0.25) is 10.0 Å². The fraction of sp³-hybridized carbons (Fsp3) is 0.222. The van der Waals surface area contributed by atoms with Crippen molar-refractivity contribution in [3.05, 3.63) is 77.9 Å². The molecule has 0 aromatic heterocycles. The Balaban J connectivity index is 2.33. The summed E-state index contributed by atoms with van der Waals surface area (Å²) in [6.45, 7) is 7.64. The highest BCUT2D eigenvalue weighted by atomic mass is 32.2. The lowest BCUT2D eigenvalue weighted by atomic mass is 10.00. The first-order valence-corrected chi connectivity index (χ1v) is 8.68. The summed E-state index contributed by atoms with van der Waals surface area (Å²) in [5.74, 6) is 0. The van der Waals surface area contributed by atoms with Crippen LogP contribution in [0.1, 0.15) is 29.2 Å². The van der Waals surface area contributed by atoms with Crippen LogP contribution in [0.3, 0.4) is 0 Å². The smallest absolute Gasteiger partial charge is 0.207 e. The SMILES string of the molecule is C=CC[C@H](NS(=O)(=O)c1ccc(C)cc1)c1ccccc1C. The van der Waals surface area contributed by atoms with Crippen molar-refractivity contribution in [2.45, 2.75) is 31.2 Å². The van der Waals surface area contributed by atoms with E-state index in [1.807, 2.05) is 38.1 Å². The van der Waals surface area contributed by atoms with Gasteiger partial charge >= 0.3 is 0 Å². The molecule has 0 aliphatic carbocycles. The number of sulfonamides is 1. The van der Waals surface area contributed by atoms with Gasteiger partial charge < -0.3 is 0 Å². The van der Waals surface area contributed by atoms with Crippen molar-refractivity contribution in [2.75, 3.05) is 0 Å². The zero-order chi connectivity index (χ0) is 16.2. The molecule has 0 aliphatic heterocycles. The van der Waals surface area contributed by atoms with E-state index in [4.69, 9.17) is 0 Å². The standard InChI is InChI=1S/C18H21NO2S/c1-4-7-18(17-9-6-5-8-15(17)3)19-22(20,21)16-12-10-14(2)11-13-16/h4-6,8-13,18-19H,1,7H2,2-3H3/t18-/m0/s1. The molecule has 0 radical (unpaired) electrons. The summed E-state index contributed by atoms with van der Waals surface area (Å²) < 4.78 is 27.9. The molecule has 2 aromatic rings. The zero-order valence-corrected chi connectivity index (χ0v) is 13.7. The van der Waals surface area contributed by atoms with Gasteiger partial charge in [-0.3, -0.25) is 0 Å². The predicted molar refractivity (Wildman–Crippen MR) is 90.2 cm³/mol. The van der Waals surface area contributed by atoms with Crippen LogP contribution in [0.2, 0.25) is 0 Å². The first-order valence-electron chi connectivity index (χ1n) is 7.19. The third-order valence-electron chi connectivity index (χ3n) is 3.59. The number of hydrogen-bond donors (Lipinski definition) is 1. The third kappa shape index (κ3) is 3.84. The Morgan fingerprint density at radius 1 is 1.09 bits per heavy atom. The van der Waals surface area contributed by atoms with E-state index in [-0.39, 0.29) is 10.9 Å². The average molecular weight is 315 g/mol. The highest BCUT2D eigenvalue weighted by molar-refractivity contribution is 7.89. The first-order chi connectivity index (χ1) is 10.4. The molecule has 0 heterocycles. The molecule has 3 nitrogen and oxygen atoms in total. The summed E-state index contributed by atoms with van der Waals surface area (Å²) in [7, 11) is -3.56. The van der Waals surface area contributed by atoms with Gasteiger partial charge in [-0.25, -0.2) is 13.1 Å². The van der Waals surface area contributed by atoms with Gasteiger partial charge in [0, 0.05) is 0 Å². The second-order valence-electron chi connectivity index (χ2n) is 5.37. The van der Waals surface area contributed by atoms with Crippen LogP contribution in [0.15, 0.2) is 66.1 Å². The molecule has 0 saturated heterocycles. The van der Waals surface area contributed by atoms with E-state index < -0.39 is 10.0 Å². The van der Waals surface area contributed by atoms with Gasteiger partial charge in [0.05, 0.1) is 10.9 Å². The number of hydrogen-bond acceptors (Lipinski definition) is 2. The molecule has 0 bridgehead atoms. The van der Waals surface area contributed by atoms with Crippen LogP contribution in [0.25, 0.3) is 0 Å². The van der Waals surface area contributed by atoms with Gasteiger partial charge in [-0.15, -0.1) is 6.58 Å². The molecule has 2 rings (SSSR count). The zero-order valence-electron chi connectivity index (χ0n) is 12.9. The maximum absolute atomic E-state index is 12.6. The lowest BCUT2D eigenvalue weighted by Crippen LogP contribution is -2.29. The second-order valence-corrected chi connectivity index (χ2v) is 7.08. The third-order valence-corrected chi connectivity index (χ3v) is 5.08. The minimum absolute atomic E-state index is 0.278. The molecule has 2 aromatic carbocycles. The summed E-state index contributed by atoms with van der Waals surface area (Å²) in [6.07, 6.45) is 2.27. The van der Waals surface area contributed by atoms with Gasteiger partial charge in [-0.1, -0.05) is 48.0 Å². The highest BCUT2D eigenvalue weighted by Crippen LogP contribution is 2.23. The topological polar surface area (TPSA) is 46.2 Å². The number of nitrogens with one attached hydrogen (secondary N) is 1. The summed E-state index contributed by atoms with van der Waals surface area (Å²) in [5, 5.41) is 0. The molecule has 4 heteroatoms.